The lowest BCUT2D eigenvalue weighted by Crippen LogP contribution is -2.42. The molecule has 1 unspecified atom stereocenters. The van der Waals surface area contributed by atoms with E-state index >= 15 is 0 Å². The van der Waals surface area contributed by atoms with Crippen molar-refractivity contribution < 1.29 is 19.1 Å². The number of fused-ring (bicyclic) bond motifs is 1. The lowest BCUT2D eigenvalue weighted by molar-refractivity contribution is -0.124. The number of thiazole rings is 1. The average Bonchev–Trinajstić information content (AvgIpc) is 3.41. The summed E-state index contributed by atoms with van der Waals surface area (Å²) in [6, 6.07) is 7.50. The Morgan fingerprint density at radius 2 is 2.17 bits per heavy atom. The van der Waals surface area contributed by atoms with Crippen LogP contribution in [0.4, 0.5) is 9.93 Å². The molecule has 4 rings (SSSR count). The normalized spacial score (nSPS) is 18.2. The highest BCUT2D eigenvalue weighted by Crippen LogP contribution is 2.29. The van der Waals surface area contributed by atoms with E-state index in [9.17, 15) is 9.59 Å². The Morgan fingerprint density at radius 3 is 2.90 bits per heavy atom. The largest absolute Gasteiger partial charge is 0.497 e. The minimum atomic E-state index is -0.379. The highest BCUT2D eigenvalue weighted by atomic mass is 32.1. The summed E-state index contributed by atoms with van der Waals surface area (Å²) in [4.78, 5) is 32.1. The summed E-state index contributed by atoms with van der Waals surface area (Å²) >= 11 is 1.43. The summed E-state index contributed by atoms with van der Waals surface area (Å²) in [6.45, 7) is 2.19. The summed E-state index contributed by atoms with van der Waals surface area (Å²) in [6.07, 6.45) is 1.96. The van der Waals surface area contributed by atoms with E-state index < -0.39 is 0 Å². The number of aromatic nitrogens is 1. The second kappa shape index (κ2) is 8.79. The lowest BCUT2D eigenvalue weighted by Gasteiger charge is -2.26. The van der Waals surface area contributed by atoms with Crippen molar-refractivity contribution in [1.29, 1.82) is 0 Å². The molecule has 1 saturated heterocycles. The van der Waals surface area contributed by atoms with Gasteiger partial charge in [0.1, 0.15) is 11.9 Å². The number of nitrogens with zero attached hydrogens (tertiary/aromatic N) is 2. The molecule has 29 heavy (non-hydrogen) atoms. The highest BCUT2D eigenvalue weighted by molar-refractivity contribution is 7.15. The van der Waals surface area contributed by atoms with E-state index in [0.717, 1.165) is 34.7 Å². The first-order valence-electron chi connectivity index (χ1n) is 9.69. The van der Waals surface area contributed by atoms with Crippen LogP contribution in [0.5, 0.6) is 5.75 Å². The molecular formula is C20H24N4O4S. The van der Waals surface area contributed by atoms with Gasteiger partial charge in [-0.05, 0) is 30.5 Å². The van der Waals surface area contributed by atoms with Crippen molar-refractivity contribution in [1.82, 2.24) is 15.2 Å². The maximum Gasteiger partial charge on any atom is 0.318 e. The van der Waals surface area contributed by atoms with Crippen molar-refractivity contribution in [3.63, 3.8) is 0 Å². The van der Waals surface area contributed by atoms with Crippen molar-refractivity contribution in [3.05, 3.63) is 40.4 Å². The van der Waals surface area contributed by atoms with Gasteiger partial charge < -0.3 is 19.7 Å². The molecule has 2 aliphatic heterocycles. The van der Waals surface area contributed by atoms with Gasteiger partial charge in [-0.1, -0.05) is 23.5 Å². The van der Waals surface area contributed by atoms with E-state index in [-0.39, 0.29) is 18.0 Å². The van der Waals surface area contributed by atoms with Crippen LogP contribution in [0.3, 0.4) is 0 Å². The van der Waals surface area contributed by atoms with Crippen molar-refractivity contribution >= 4 is 28.4 Å². The average molecular weight is 417 g/mol. The van der Waals surface area contributed by atoms with Gasteiger partial charge in [0.25, 0.3) is 5.91 Å². The lowest BCUT2D eigenvalue weighted by atomic mass is 10.2. The number of carbonyl (C=O) groups excluding carboxylic acids is 2. The molecule has 1 atom stereocenters. The molecule has 0 saturated carbocycles. The van der Waals surface area contributed by atoms with Gasteiger partial charge >= 0.3 is 6.03 Å². The van der Waals surface area contributed by atoms with Gasteiger partial charge in [-0.2, -0.15) is 0 Å². The Labute approximate surface area is 173 Å². The number of hydrogen-bond donors (Lipinski definition) is 2. The molecule has 1 aromatic heterocycles. The quantitative estimate of drug-likeness (QED) is 0.781. The number of ether oxygens (including phenoxy) is 2. The van der Waals surface area contributed by atoms with Gasteiger partial charge in [-0.25, -0.2) is 9.78 Å². The van der Waals surface area contributed by atoms with Gasteiger partial charge in [-0.15, -0.1) is 0 Å². The first kappa shape index (κ1) is 19.7. The molecule has 0 bridgehead atoms. The fourth-order valence-corrected chi connectivity index (χ4v) is 4.45. The van der Waals surface area contributed by atoms with Crippen LogP contribution in [-0.4, -0.2) is 48.2 Å². The van der Waals surface area contributed by atoms with Crippen LogP contribution in [0.2, 0.25) is 0 Å². The first-order valence-corrected chi connectivity index (χ1v) is 10.5. The minimum Gasteiger partial charge on any atom is -0.497 e. The topological polar surface area (TPSA) is 92.8 Å². The standard InChI is InChI=1S/C20H24N4O4S/c1-27-14-6-4-13(5-7-14)11-21-20(26)24-9-8-15-17(12-24)29-19(22-15)23-18(25)16-3-2-10-28-16/h4-7,16H,2-3,8-12H2,1H3,(H,21,26)(H,22,23,25). The van der Waals surface area contributed by atoms with E-state index in [1.165, 1.54) is 11.3 Å². The molecule has 2 aromatic rings. The maximum atomic E-state index is 12.6. The molecule has 3 amide bonds. The van der Waals surface area contributed by atoms with Crippen molar-refractivity contribution in [2.75, 3.05) is 25.6 Å². The molecule has 8 nitrogen and oxygen atoms in total. The fourth-order valence-electron chi connectivity index (χ4n) is 3.43. The van der Waals surface area contributed by atoms with Gasteiger partial charge in [0, 0.05) is 31.0 Å². The number of rotatable bonds is 5. The summed E-state index contributed by atoms with van der Waals surface area (Å²) < 4.78 is 10.6. The molecule has 0 radical (unpaired) electrons. The monoisotopic (exact) mass is 416 g/mol. The number of hydrogen-bond acceptors (Lipinski definition) is 6. The Bertz CT molecular complexity index is 877. The van der Waals surface area contributed by atoms with E-state index in [1.54, 1.807) is 12.0 Å². The van der Waals surface area contributed by atoms with Gasteiger partial charge in [0.05, 0.1) is 19.3 Å². The van der Waals surface area contributed by atoms with Crippen LogP contribution in [0.15, 0.2) is 24.3 Å². The van der Waals surface area contributed by atoms with Crippen molar-refractivity contribution in [2.24, 2.45) is 0 Å². The van der Waals surface area contributed by atoms with Crippen LogP contribution in [-0.2, 0) is 29.0 Å². The van der Waals surface area contributed by atoms with Gasteiger partial charge in [0.15, 0.2) is 5.13 Å². The minimum absolute atomic E-state index is 0.107. The van der Waals surface area contributed by atoms with Crippen LogP contribution < -0.4 is 15.4 Å². The van der Waals surface area contributed by atoms with Crippen LogP contribution >= 0.6 is 11.3 Å². The molecule has 2 N–H and O–H groups in total. The predicted octanol–water partition coefficient (Wildman–Crippen LogP) is 2.54. The third-order valence-corrected chi connectivity index (χ3v) is 6.07. The second-order valence-electron chi connectivity index (χ2n) is 7.06. The van der Waals surface area contributed by atoms with E-state index in [2.05, 4.69) is 15.6 Å². The number of nitrogens with one attached hydrogen (secondary N) is 2. The summed E-state index contributed by atoms with van der Waals surface area (Å²) in [7, 11) is 1.63. The van der Waals surface area contributed by atoms with E-state index in [1.807, 2.05) is 24.3 Å². The number of anilines is 1. The summed E-state index contributed by atoms with van der Waals surface area (Å²) in [5.41, 5.74) is 1.96. The molecule has 0 spiro atoms. The zero-order valence-electron chi connectivity index (χ0n) is 16.3. The number of amides is 3. The predicted molar refractivity (Wildman–Crippen MR) is 109 cm³/mol. The Morgan fingerprint density at radius 1 is 1.34 bits per heavy atom. The molecule has 1 aromatic carbocycles. The third-order valence-electron chi connectivity index (χ3n) is 5.07. The van der Waals surface area contributed by atoms with Crippen LogP contribution in [0.1, 0.15) is 29.0 Å². The maximum absolute atomic E-state index is 12.6. The first-order chi connectivity index (χ1) is 14.1. The summed E-state index contributed by atoms with van der Waals surface area (Å²) in [5, 5.41) is 6.39. The number of benzene rings is 1. The Balaban J connectivity index is 1.31. The molecule has 2 aliphatic rings. The SMILES string of the molecule is COc1ccc(CNC(=O)N2CCc3nc(NC(=O)C4CCCO4)sc3C2)cc1. The molecule has 3 heterocycles. The molecule has 154 valence electrons. The van der Waals surface area contributed by atoms with Crippen LogP contribution in [0, 0.1) is 0 Å². The Kier molecular flexibility index (Phi) is 5.96. The number of methoxy groups -OCH3 is 1. The smallest absolute Gasteiger partial charge is 0.318 e. The molecular weight excluding hydrogens is 392 g/mol. The highest BCUT2D eigenvalue weighted by Gasteiger charge is 2.27. The van der Waals surface area contributed by atoms with Gasteiger partial charge in [-0.3, -0.25) is 10.1 Å². The third kappa shape index (κ3) is 4.68. The van der Waals surface area contributed by atoms with E-state index in [0.29, 0.717) is 37.8 Å². The molecule has 0 aliphatic carbocycles. The second-order valence-corrected chi connectivity index (χ2v) is 8.14. The zero-order chi connectivity index (χ0) is 20.2. The number of urea groups is 1. The molecule has 1 fully saturated rings. The fraction of sp³-hybridized carbons (Fsp3) is 0.450. The van der Waals surface area contributed by atoms with Gasteiger partial charge in [0.2, 0.25) is 0 Å². The molecule has 9 heteroatoms. The Hall–Kier alpha value is -2.65. The van der Waals surface area contributed by atoms with E-state index in [4.69, 9.17) is 9.47 Å². The zero-order valence-corrected chi connectivity index (χ0v) is 17.1. The summed E-state index contributed by atoms with van der Waals surface area (Å²) in [5.74, 6) is 0.652. The van der Waals surface area contributed by atoms with Crippen LogP contribution in [0.25, 0.3) is 0 Å². The van der Waals surface area contributed by atoms with Crippen molar-refractivity contribution in [2.45, 2.75) is 38.5 Å². The van der Waals surface area contributed by atoms with Crippen molar-refractivity contribution in [3.8, 4) is 5.75 Å². The number of carbonyl (C=O) groups is 2.